The molecule has 1 unspecified atom stereocenters. The lowest BCUT2D eigenvalue weighted by atomic mass is 10.1. The summed E-state index contributed by atoms with van der Waals surface area (Å²) in [4.78, 5) is 4.46. The van der Waals surface area contributed by atoms with Crippen LogP contribution < -0.4 is 0 Å². The predicted molar refractivity (Wildman–Crippen MR) is 93.1 cm³/mol. The van der Waals surface area contributed by atoms with Crippen LogP contribution in [0.15, 0.2) is 53.6 Å². The van der Waals surface area contributed by atoms with E-state index in [-0.39, 0.29) is 0 Å². The van der Waals surface area contributed by atoms with Gasteiger partial charge in [0.2, 0.25) is 0 Å². The molecule has 1 aromatic heterocycles. The van der Waals surface area contributed by atoms with Crippen molar-refractivity contribution in [3.63, 3.8) is 0 Å². The van der Waals surface area contributed by atoms with Gasteiger partial charge in [0.25, 0.3) is 0 Å². The van der Waals surface area contributed by atoms with Crippen LogP contribution in [-0.2, 0) is 16.6 Å². The third kappa shape index (κ3) is 3.02. The van der Waals surface area contributed by atoms with Gasteiger partial charge in [0, 0.05) is 15.8 Å². The normalized spacial score (nSPS) is 12.5. The van der Waals surface area contributed by atoms with Crippen LogP contribution in [0.2, 0.25) is 10.0 Å². The molecular weight excluding hydrogens is 337 g/mol. The Labute approximate surface area is 141 Å². The topological polar surface area (TPSA) is 30.0 Å². The molecule has 0 aliphatic heterocycles. The number of hydrogen-bond donors (Lipinski definition) is 0. The molecule has 3 rings (SSSR count). The number of pyridine rings is 1. The van der Waals surface area contributed by atoms with Gasteiger partial charge in [-0.2, -0.15) is 0 Å². The minimum Gasteiger partial charge on any atom is -0.252 e. The summed E-state index contributed by atoms with van der Waals surface area (Å²) >= 11 is 12.2. The summed E-state index contributed by atoms with van der Waals surface area (Å²) in [6.07, 6.45) is 0. The van der Waals surface area contributed by atoms with Crippen molar-refractivity contribution in [1.29, 1.82) is 0 Å². The van der Waals surface area contributed by atoms with E-state index in [0.29, 0.717) is 26.5 Å². The van der Waals surface area contributed by atoms with E-state index >= 15 is 0 Å². The van der Waals surface area contributed by atoms with Crippen molar-refractivity contribution >= 4 is 44.8 Å². The van der Waals surface area contributed by atoms with Crippen LogP contribution in [0, 0.1) is 6.92 Å². The number of fused-ring (bicyclic) bond motifs is 1. The second-order valence-electron chi connectivity index (χ2n) is 4.98. The molecule has 3 aromatic rings. The molecule has 0 saturated heterocycles. The predicted octanol–water partition coefficient (Wildman–Crippen LogP) is 5.16. The molecule has 0 spiro atoms. The van der Waals surface area contributed by atoms with Crippen molar-refractivity contribution in [3.8, 4) is 0 Å². The van der Waals surface area contributed by atoms with Crippen molar-refractivity contribution < 1.29 is 4.21 Å². The lowest BCUT2D eigenvalue weighted by molar-refractivity contribution is 0.680. The van der Waals surface area contributed by atoms with E-state index in [2.05, 4.69) is 4.98 Å². The molecule has 2 aromatic carbocycles. The summed E-state index contributed by atoms with van der Waals surface area (Å²) in [7, 11) is -1.25. The number of halogens is 2. The summed E-state index contributed by atoms with van der Waals surface area (Å²) in [6.45, 7) is 1.83. The average Bonchev–Trinajstić information content (AvgIpc) is 2.53. The Morgan fingerprint density at radius 3 is 2.32 bits per heavy atom. The molecule has 0 N–H and O–H groups in total. The number of rotatable bonds is 3. The zero-order valence-corrected chi connectivity index (χ0v) is 14.2. The van der Waals surface area contributed by atoms with Gasteiger partial charge in [0.1, 0.15) is 5.03 Å². The van der Waals surface area contributed by atoms with Gasteiger partial charge >= 0.3 is 0 Å². The maximum Gasteiger partial charge on any atom is 0.135 e. The van der Waals surface area contributed by atoms with E-state index in [1.54, 1.807) is 12.1 Å². The Balaban J connectivity index is 2.04. The molecule has 0 fully saturated rings. The first-order valence-corrected chi connectivity index (χ1v) is 8.81. The van der Waals surface area contributed by atoms with Crippen LogP contribution >= 0.6 is 23.2 Å². The summed E-state index contributed by atoms with van der Waals surface area (Å²) < 4.78 is 12.7. The average molecular weight is 350 g/mol. The monoisotopic (exact) mass is 349 g/mol. The van der Waals surface area contributed by atoms with Crippen LogP contribution in [0.1, 0.15) is 11.3 Å². The standard InChI is InChI=1S/C17H13Cl2NOS/c1-11-16(19)14-4-2-3-5-15(14)17(20-11)22(21)10-12-6-8-13(18)9-7-12/h2-9H,10H2,1H3. The Morgan fingerprint density at radius 2 is 1.64 bits per heavy atom. The molecule has 0 amide bonds. The van der Waals surface area contributed by atoms with E-state index in [1.165, 1.54) is 0 Å². The second-order valence-corrected chi connectivity index (χ2v) is 7.16. The molecule has 2 nitrogen and oxygen atoms in total. The fourth-order valence-electron chi connectivity index (χ4n) is 2.29. The van der Waals surface area contributed by atoms with Crippen LogP contribution in [0.5, 0.6) is 0 Å². The van der Waals surface area contributed by atoms with E-state index < -0.39 is 10.8 Å². The molecule has 1 atom stereocenters. The minimum absolute atomic E-state index is 0.398. The summed E-state index contributed by atoms with van der Waals surface area (Å²) in [5.41, 5.74) is 1.65. The maximum atomic E-state index is 12.7. The van der Waals surface area contributed by atoms with Crippen molar-refractivity contribution in [1.82, 2.24) is 4.98 Å². The Bertz CT molecular complexity index is 862. The summed E-state index contributed by atoms with van der Waals surface area (Å²) in [6, 6.07) is 15.0. The van der Waals surface area contributed by atoms with Crippen LogP contribution in [0.3, 0.4) is 0 Å². The van der Waals surface area contributed by atoms with Crippen LogP contribution in [0.25, 0.3) is 10.8 Å². The van der Waals surface area contributed by atoms with Crippen molar-refractivity contribution in [2.45, 2.75) is 17.7 Å². The molecule has 0 radical (unpaired) electrons. The number of nitrogens with zero attached hydrogens (tertiary/aromatic N) is 1. The fourth-order valence-corrected chi connectivity index (χ4v) is 3.92. The summed E-state index contributed by atoms with van der Waals surface area (Å²) in [5, 5.41) is 3.58. The van der Waals surface area contributed by atoms with Gasteiger partial charge in [-0.25, -0.2) is 4.98 Å². The SMILES string of the molecule is Cc1nc(S(=O)Cc2ccc(Cl)cc2)c2ccccc2c1Cl. The molecule has 0 saturated carbocycles. The highest BCUT2D eigenvalue weighted by atomic mass is 35.5. The zero-order valence-electron chi connectivity index (χ0n) is 11.8. The number of aromatic nitrogens is 1. The van der Waals surface area contributed by atoms with Gasteiger partial charge in [0.15, 0.2) is 0 Å². The van der Waals surface area contributed by atoms with Gasteiger partial charge in [0.05, 0.1) is 27.3 Å². The Morgan fingerprint density at radius 1 is 1.00 bits per heavy atom. The number of benzene rings is 2. The fraction of sp³-hybridized carbons (Fsp3) is 0.118. The highest BCUT2D eigenvalue weighted by molar-refractivity contribution is 7.84. The quantitative estimate of drug-likeness (QED) is 0.653. The first-order valence-electron chi connectivity index (χ1n) is 6.74. The van der Waals surface area contributed by atoms with Gasteiger partial charge in [-0.1, -0.05) is 59.6 Å². The van der Waals surface area contributed by atoms with E-state index in [4.69, 9.17) is 23.2 Å². The van der Waals surface area contributed by atoms with Gasteiger partial charge in [-0.15, -0.1) is 0 Å². The van der Waals surface area contributed by atoms with Gasteiger partial charge in [-0.05, 0) is 24.6 Å². The molecule has 22 heavy (non-hydrogen) atoms. The molecule has 0 aliphatic rings. The smallest absolute Gasteiger partial charge is 0.135 e. The van der Waals surface area contributed by atoms with Crippen molar-refractivity contribution in [3.05, 3.63) is 69.8 Å². The van der Waals surface area contributed by atoms with Crippen LogP contribution in [-0.4, -0.2) is 9.19 Å². The molecule has 112 valence electrons. The Kier molecular flexibility index (Phi) is 4.48. The second kappa shape index (κ2) is 6.37. The lowest BCUT2D eigenvalue weighted by Gasteiger charge is -2.10. The highest BCUT2D eigenvalue weighted by Crippen LogP contribution is 2.30. The van der Waals surface area contributed by atoms with E-state index in [9.17, 15) is 4.21 Å². The third-order valence-corrected chi connectivity index (χ3v) is 5.47. The van der Waals surface area contributed by atoms with Gasteiger partial charge < -0.3 is 0 Å². The van der Waals surface area contributed by atoms with Crippen molar-refractivity contribution in [2.24, 2.45) is 0 Å². The van der Waals surface area contributed by atoms with Crippen LogP contribution in [0.4, 0.5) is 0 Å². The third-order valence-electron chi connectivity index (χ3n) is 3.41. The molecular formula is C17H13Cl2NOS. The summed E-state index contributed by atoms with van der Waals surface area (Å²) in [5.74, 6) is 0.398. The maximum absolute atomic E-state index is 12.7. The highest BCUT2D eigenvalue weighted by Gasteiger charge is 2.15. The van der Waals surface area contributed by atoms with Crippen molar-refractivity contribution in [2.75, 3.05) is 0 Å². The molecule has 0 bridgehead atoms. The lowest BCUT2D eigenvalue weighted by Crippen LogP contribution is -2.02. The van der Waals surface area contributed by atoms with Gasteiger partial charge in [-0.3, -0.25) is 4.21 Å². The molecule has 1 heterocycles. The van der Waals surface area contributed by atoms with E-state index in [0.717, 1.165) is 16.3 Å². The zero-order chi connectivity index (χ0) is 15.7. The first-order chi connectivity index (χ1) is 10.6. The first kappa shape index (κ1) is 15.5. The molecule has 5 heteroatoms. The number of hydrogen-bond acceptors (Lipinski definition) is 2. The molecule has 0 aliphatic carbocycles. The minimum atomic E-state index is -1.25. The van der Waals surface area contributed by atoms with E-state index in [1.807, 2.05) is 43.3 Å². The number of aryl methyl sites for hydroxylation is 1. The Hall–Kier alpha value is -1.42. The largest absolute Gasteiger partial charge is 0.252 e.